The molecule has 0 spiro atoms. The number of amides is 2. The van der Waals surface area contributed by atoms with Gasteiger partial charge < -0.3 is 20.2 Å². The first kappa shape index (κ1) is 17.2. The molecule has 24 heavy (non-hydrogen) atoms. The number of nitriles is 1. The van der Waals surface area contributed by atoms with Gasteiger partial charge in [-0.2, -0.15) is 5.26 Å². The maximum absolute atomic E-state index is 11.9. The standard InChI is InChI=1S/C17H17N3O4/c1-17(23,9-13-6-4-8-24-13)11-19-15(21)16(22)20-14-7-3-2-5-12(14)10-18/h2-8,23H,9,11H2,1H3,(H,19,21)(H,20,22)/t17-/m1/s1. The van der Waals surface area contributed by atoms with Crippen LogP contribution in [0.5, 0.6) is 0 Å². The third-order valence-electron chi connectivity index (χ3n) is 3.27. The zero-order valence-corrected chi connectivity index (χ0v) is 13.1. The van der Waals surface area contributed by atoms with Crippen molar-refractivity contribution in [1.82, 2.24) is 5.32 Å². The first-order chi connectivity index (χ1) is 11.4. The minimum absolute atomic E-state index is 0.125. The number of aliphatic hydroxyl groups is 1. The van der Waals surface area contributed by atoms with Gasteiger partial charge in [0.1, 0.15) is 11.8 Å². The highest BCUT2D eigenvalue weighted by molar-refractivity contribution is 6.39. The van der Waals surface area contributed by atoms with Crippen molar-refractivity contribution in [1.29, 1.82) is 5.26 Å². The molecular weight excluding hydrogens is 310 g/mol. The molecule has 1 heterocycles. The molecule has 2 amide bonds. The Balaban J connectivity index is 1.90. The van der Waals surface area contributed by atoms with E-state index in [1.807, 2.05) is 6.07 Å². The van der Waals surface area contributed by atoms with Crippen LogP contribution in [0.1, 0.15) is 18.2 Å². The third-order valence-corrected chi connectivity index (χ3v) is 3.27. The number of rotatable bonds is 5. The number of para-hydroxylation sites is 1. The minimum Gasteiger partial charge on any atom is -0.469 e. The Morgan fingerprint density at radius 2 is 2.00 bits per heavy atom. The van der Waals surface area contributed by atoms with Crippen molar-refractivity contribution >= 4 is 17.5 Å². The molecule has 0 saturated heterocycles. The fourth-order valence-electron chi connectivity index (χ4n) is 2.07. The van der Waals surface area contributed by atoms with Crippen LogP contribution in [0, 0.1) is 11.3 Å². The lowest BCUT2D eigenvalue weighted by molar-refractivity contribution is -0.136. The average Bonchev–Trinajstić information content (AvgIpc) is 3.05. The van der Waals surface area contributed by atoms with Crippen molar-refractivity contribution < 1.29 is 19.1 Å². The summed E-state index contributed by atoms with van der Waals surface area (Å²) in [5, 5.41) is 23.9. The fourth-order valence-corrected chi connectivity index (χ4v) is 2.07. The van der Waals surface area contributed by atoms with E-state index in [0.29, 0.717) is 5.76 Å². The number of carbonyl (C=O) groups excluding carboxylic acids is 2. The van der Waals surface area contributed by atoms with Crippen molar-refractivity contribution in [3.8, 4) is 6.07 Å². The Kier molecular flexibility index (Phi) is 5.35. The van der Waals surface area contributed by atoms with Crippen LogP contribution >= 0.6 is 0 Å². The number of anilines is 1. The lowest BCUT2D eigenvalue weighted by Crippen LogP contribution is -2.45. The Morgan fingerprint density at radius 1 is 1.25 bits per heavy atom. The quantitative estimate of drug-likeness (QED) is 0.714. The van der Waals surface area contributed by atoms with E-state index < -0.39 is 17.4 Å². The largest absolute Gasteiger partial charge is 0.469 e. The van der Waals surface area contributed by atoms with E-state index >= 15 is 0 Å². The van der Waals surface area contributed by atoms with Crippen LogP contribution in [0.15, 0.2) is 47.1 Å². The second kappa shape index (κ2) is 7.44. The van der Waals surface area contributed by atoms with Crippen LogP contribution in [0.4, 0.5) is 5.69 Å². The highest BCUT2D eigenvalue weighted by Crippen LogP contribution is 2.14. The van der Waals surface area contributed by atoms with Gasteiger partial charge in [-0.3, -0.25) is 9.59 Å². The van der Waals surface area contributed by atoms with Crippen molar-refractivity contribution in [3.05, 3.63) is 54.0 Å². The Bertz CT molecular complexity index is 760. The zero-order chi connectivity index (χ0) is 17.6. The van der Waals surface area contributed by atoms with Crippen LogP contribution in [-0.4, -0.2) is 29.1 Å². The molecule has 2 aromatic rings. The molecule has 1 aromatic carbocycles. The molecule has 0 saturated carbocycles. The van der Waals surface area contributed by atoms with E-state index in [0.717, 1.165) is 0 Å². The Hall–Kier alpha value is -3.11. The first-order valence-electron chi connectivity index (χ1n) is 7.24. The number of nitrogens with one attached hydrogen (secondary N) is 2. The summed E-state index contributed by atoms with van der Waals surface area (Å²) in [4.78, 5) is 23.7. The number of hydrogen-bond donors (Lipinski definition) is 3. The molecule has 1 aromatic heterocycles. The summed E-state index contributed by atoms with van der Waals surface area (Å²) in [7, 11) is 0. The number of benzene rings is 1. The van der Waals surface area contributed by atoms with E-state index in [2.05, 4.69) is 10.6 Å². The van der Waals surface area contributed by atoms with Crippen molar-refractivity contribution in [2.45, 2.75) is 18.9 Å². The summed E-state index contributed by atoms with van der Waals surface area (Å²) in [5.41, 5.74) is -0.760. The van der Waals surface area contributed by atoms with Gasteiger partial charge in [0.2, 0.25) is 0 Å². The summed E-state index contributed by atoms with van der Waals surface area (Å²) in [6.07, 6.45) is 1.68. The number of furan rings is 1. The molecule has 0 bridgehead atoms. The van der Waals surface area contributed by atoms with Crippen molar-refractivity contribution in [3.63, 3.8) is 0 Å². The van der Waals surface area contributed by atoms with Crippen LogP contribution < -0.4 is 10.6 Å². The zero-order valence-electron chi connectivity index (χ0n) is 13.1. The molecule has 7 nitrogen and oxygen atoms in total. The monoisotopic (exact) mass is 327 g/mol. The van der Waals surface area contributed by atoms with Gasteiger partial charge in [0.25, 0.3) is 0 Å². The maximum atomic E-state index is 11.9. The fraction of sp³-hybridized carbons (Fsp3) is 0.235. The van der Waals surface area contributed by atoms with E-state index in [1.165, 1.54) is 25.3 Å². The van der Waals surface area contributed by atoms with E-state index in [4.69, 9.17) is 9.68 Å². The second-order valence-corrected chi connectivity index (χ2v) is 5.55. The molecule has 0 radical (unpaired) electrons. The van der Waals surface area contributed by atoms with Crippen LogP contribution in [-0.2, 0) is 16.0 Å². The molecule has 0 aliphatic rings. The summed E-state index contributed by atoms with van der Waals surface area (Å²) in [5.74, 6) is -1.24. The molecule has 0 fully saturated rings. The lowest BCUT2D eigenvalue weighted by atomic mass is 10.0. The van der Waals surface area contributed by atoms with Crippen molar-refractivity contribution in [2.24, 2.45) is 0 Å². The minimum atomic E-state index is -1.27. The Labute approximate surface area is 138 Å². The second-order valence-electron chi connectivity index (χ2n) is 5.55. The number of nitrogens with zero attached hydrogens (tertiary/aromatic N) is 1. The first-order valence-corrected chi connectivity index (χ1v) is 7.24. The molecule has 0 aliphatic carbocycles. The molecule has 7 heteroatoms. The summed E-state index contributed by atoms with van der Waals surface area (Å²) < 4.78 is 5.15. The molecular formula is C17H17N3O4. The molecule has 3 N–H and O–H groups in total. The Morgan fingerprint density at radius 3 is 2.67 bits per heavy atom. The maximum Gasteiger partial charge on any atom is 0.313 e. The van der Waals surface area contributed by atoms with E-state index in [9.17, 15) is 14.7 Å². The highest BCUT2D eigenvalue weighted by atomic mass is 16.3. The SMILES string of the molecule is C[C@](O)(CNC(=O)C(=O)Nc1ccccc1C#N)Cc1ccco1. The van der Waals surface area contributed by atoms with Gasteiger partial charge in [-0.15, -0.1) is 0 Å². The topological polar surface area (TPSA) is 115 Å². The molecule has 1 atom stereocenters. The summed E-state index contributed by atoms with van der Waals surface area (Å²) >= 11 is 0. The van der Waals surface area contributed by atoms with E-state index in [1.54, 1.807) is 24.3 Å². The van der Waals surface area contributed by atoms with Gasteiger partial charge in [-0.1, -0.05) is 12.1 Å². The predicted octanol–water partition coefficient (Wildman–Crippen LogP) is 1.20. The van der Waals surface area contributed by atoms with Gasteiger partial charge >= 0.3 is 11.8 Å². The lowest BCUT2D eigenvalue weighted by Gasteiger charge is -2.22. The normalized spacial score (nSPS) is 12.7. The molecule has 0 unspecified atom stereocenters. The number of carbonyl (C=O) groups is 2. The van der Waals surface area contributed by atoms with Gasteiger partial charge in [-0.25, -0.2) is 0 Å². The van der Waals surface area contributed by atoms with Gasteiger partial charge in [0.15, 0.2) is 0 Å². The average molecular weight is 327 g/mol. The third kappa shape index (κ3) is 4.69. The highest BCUT2D eigenvalue weighted by Gasteiger charge is 2.25. The molecule has 124 valence electrons. The van der Waals surface area contributed by atoms with Gasteiger partial charge in [0, 0.05) is 13.0 Å². The molecule has 0 aliphatic heterocycles. The smallest absolute Gasteiger partial charge is 0.313 e. The van der Waals surface area contributed by atoms with Crippen LogP contribution in [0.2, 0.25) is 0 Å². The van der Waals surface area contributed by atoms with E-state index in [-0.39, 0.29) is 24.2 Å². The van der Waals surface area contributed by atoms with Gasteiger partial charge in [0.05, 0.1) is 23.1 Å². The van der Waals surface area contributed by atoms with Gasteiger partial charge in [-0.05, 0) is 31.2 Å². The molecule has 2 rings (SSSR count). The van der Waals surface area contributed by atoms with Crippen LogP contribution in [0.3, 0.4) is 0 Å². The predicted molar refractivity (Wildman–Crippen MR) is 85.8 cm³/mol. The summed E-state index contributed by atoms with van der Waals surface area (Å²) in [6.45, 7) is 1.40. The summed E-state index contributed by atoms with van der Waals surface area (Å²) in [6, 6.07) is 11.7. The van der Waals surface area contributed by atoms with Crippen molar-refractivity contribution in [2.75, 3.05) is 11.9 Å². The number of hydrogen-bond acceptors (Lipinski definition) is 5. The van der Waals surface area contributed by atoms with Crippen LogP contribution in [0.25, 0.3) is 0 Å².